The number of ether oxygens (including phenoxy) is 3. The summed E-state index contributed by atoms with van der Waals surface area (Å²) < 4.78 is 15.6. The van der Waals surface area contributed by atoms with Gasteiger partial charge in [-0.1, -0.05) is 0 Å². The van der Waals surface area contributed by atoms with E-state index in [2.05, 4.69) is 9.97 Å². The molecule has 1 fully saturated rings. The standard InChI is InChI=1S/C13H19N3O4/c1-4-19-12-9(2)11(14-8-15-12)16-5-6-20-10(7-16)13(17)18-3/h8,10H,4-7H2,1-3H3. The Balaban J connectivity index is 2.18. The van der Waals surface area contributed by atoms with Crippen LogP contribution in [-0.2, 0) is 14.3 Å². The smallest absolute Gasteiger partial charge is 0.336 e. The highest BCUT2D eigenvalue weighted by molar-refractivity contribution is 5.75. The lowest BCUT2D eigenvalue weighted by atomic mass is 10.2. The van der Waals surface area contributed by atoms with Crippen LogP contribution in [0.5, 0.6) is 5.88 Å². The number of esters is 1. The van der Waals surface area contributed by atoms with Gasteiger partial charge in [0.25, 0.3) is 0 Å². The van der Waals surface area contributed by atoms with E-state index in [4.69, 9.17) is 14.2 Å². The minimum Gasteiger partial charge on any atom is -0.478 e. The summed E-state index contributed by atoms with van der Waals surface area (Å²) in [5.41, 5.74) is 0.861. The number of carbonyl (C=O) groups excluding carboxylic acids is 1. The number of nitrogens with zero attached hydrogens (tertiary/aromatic N) is 3. The van der Waals surface area contributed by atoms with Crippen LogP contribution in [0, 0.1) is 6.92 Å². The Hall–Kier alpha value is -1.89. The van der Waals surface area contributed by atoms with Crippen LogP contribution < -0.4 is 9.64 Å². The van der Waals surface area contributed by atoms with Gasteiger partial charge in [-0.2, -0.15) is 0 Å². The molecular weight excluding hydrogens is 262 g/mol. The first-order valence-corrected chi connectivity index (χ1v) is 6.56. The maximum atomic E-state index is 11.6. The first-order chi connectivity index (χ1) is 9.67. The van der Waals surface area contributed by atoms with E-state index in [1.54, 1.807) is 0 Å². The summed E-state index contributed by atoms with van der Waals surface area (Å²) in [6, 6.07) is 0. The van der Waals surface area contributed by atoms with Crippen LogP contribution in [0.2, 0.25) is 0 Å². The van der Waals surface area contributed by atoms with Gasteiger partial charge < -0.3 is 19.1 Å². The Kier molecular flexibility index (Phi) is 4.73. The average molecular weight is 281 g/mol. The van der Waals surface area contributed by atoms with Crippen LogP contribution in [0.1, 0.15) is 12.5 Å². The highest BCUT2D eigenvalue weighted by atomic mass is 16.6. The first kappa shape index (κ1) is 14.5. The first-order valence-electron chi connectivity index (χ1n) is 6.56. The van der Waals surface area contributed by atoms with Gasteiger partial charge in [0.2, 0.25) is 5.88 Å². The van der Waals surface area contributed by atoms with Crippen molar-refractivity contribution in [2.45, 2.75) is 20.0 Å². The molecule has 0 spiro atoms. The lowest BCUT2D eigenvalue weighted by Crippen LogP contribution is -2.47. The predicted molar refractivity (Wildman–Crippen MR) is 71.9 cm³/mol. The second kappa shape index (κ2) is 6.51. The van der Waals surface area contributed by atoms with Crippen molar-refractivity contribution in [3.8, 4) is 5.88 Å². The summed E-state index contributed by atoms with van der Waals surface area (Å²) >= 11 is 0. The molecule has 7 heteroatoms. The number of morpholine rings is 1. The summed E-state index contributed by atoms with van der Waals surface area (Å²) in [5, 5.41) is 0. The molecule has 0 N–H and O–H groups in total. The molecule has 7 nitrogen and oxygen atoms in total. The molecule has 2 rings (SSSR count). The van der Waals surface area contributed by atoms with Gasteiger partial charge in [-0.25, -0.2) is 14.8 Å². The molecule has 1 aromatic heterocycles. The van der Waals surface area contributed by atoms with Crippen LogP contribution in [0.4, 0.5) is 5.82 Å². The van der Waals surface area contributed by atoms with Crippen molar-refractivity contribution in [3.05, 3.63) is 11.9 Å². The van der Waals surface area contributed by atoms with Crippen LogP contribution in [0.3, 0.4) is 0 Å². The maximum absolute atomic E-state index is 11.6. The second-order valence-corrected chi connectivity index (χ2v) is 4.39. The monoisotopic (exact) mass is 281 g/mol. The van der Waals surface area contributed by atoms with Crippen molar-refractivity contribution in [1.29, 1.82) is 0 Å². The number of aromatic nitrogens is 2. The SMILES string of the molecule is CCOc1ncnc(N2CCOC(C(=O)OC)C2)c1C. The van der Waals surface area contributed by atoms with Crippen molar-refractivity contribution in [2.24, 2.45) is 0 Å². The van der Waals surface area contributed by atoms with E-state index < -0.39 is 6.10 Å². The molecule has 0 aromatic carbocycles. The Bertz CT molecular complexity index is 481. The molecule has 110 valence electrons. The van der Waals surface area contributed by atoms with Gasteiger partial charge in [0.05, 0.1) is 32.4 Å². The number of hydrogen-bond acceptors (Lipinski definition) is 7. The van der Waals surface area contributed by atoms with E-state index in [1.807, 2.05) is 18.7 Å². The molecular formula is C13H19N3O4. The van der Waals surface area contributed by atoms with Crippen LogP contribution in [0.15, 0.2) is 6.33 Å². The minimum atomic E-state index is -0.585. The van der Waals surface area contributed by atoms with Gasteiger partial charge in [0, 0.05) is 6.54 Å². The molecule has 0 bridgehead atoms. The fourth-order valence-electron chi connectivity index (χ4n) is 2.14. The summed E-state index contributed by atoms with van der Waals surface area (Å²) in [6.07, 6.45) is 0.884. The molecule has 0 saturated carbocycles. The lowest BCUT2D eigenvalue weighted by Gasteiger charge is -2.33. The Morgan fingerprint density at radius 2 is 2.35 bits per heavy atom. The molecule has 0 aliphatic carbocycles. The van der Waals surface area contributed by atoms with E-state index >= 15 is 0 Å². The van der Waals surface area contributed by atoms with Crippen molar-refractivity contribution >= 4 is 11.8 Å². The molecule has 1 aliphatic rings. The summed E-state index contributed by atoms with van der Waals surface area (Å²) in [4.78, 5) is 22.0. The van der Waals surface area contributed by atoms with E-state index in [0.29, 0.717) is 32.2 Å². The fourth-order valence-corrected chi connectivity index (χ4v) is 2.14. The number of hydrogen-bond donors (Lipinski definition) is 0. The number of methoxy groups -OCH3 is 1. The Labute approximate surface area is 117 Å². The van der Waals surface area contributed by atoms with E-state index in [1.165, 1.54) is 13.4 Å². The molecule has 1 unspecified atom stereocenters. The maximum Gasteiger partial charge on any atom is 0.336 e. The van der Waals surface area contributed by atoms with Crippen molar-refractivity contribution < 1.29 is 19.0 Å². The Morgan fingerprint density at radius 1 is 1.55 bits per heavy atom. The molecule has 2 heterocycles. The van der Waals surface area contributed by atoms with Crippen molar-refractivity contribution in [1.82, 2.24) is 9.97 Å². The molecule has 0 amide bonds. The summed E-state index contributed by atoms with van der Waals surface area (Å²) in [5.74, 6) is 0.964. The molecule has 1 saturated heterocycles. The lowest BCUT2D eigenvalue weighted by molar-refractivity contribution is -0.154. The van der Waals surface area contributed by atoms with E-state index in [9.17, 15) is 4.79 Å². The van der Waals surface area contributed by atoms with Gasteiger partial charge in [-0.05, 0) is 13.8 Å². The van der Waals surface area contributed by atoms with Crippen LogP contribution in [-0.4, -0.2) is 55.5 Å². The summed E-state index contributed by atoms with van der Waals surface area (Å²) in [7, 11) is 1.35. The predicted octanol–water partition coefficient (Wildman–Crippen LogP) is 0.562. The van der Waals surface area contributed by atoms with Crippen molar-refractivity contribution in [2.75, 3.05) is 38.3 Å². The van der Waals surface area contributed by atoms with Gasteiger partial charge in [-0.3, -0.25) is 0 Å². The van der Waals surface area contributed by atoms with Gasteiger partial charge in [0.1, 0.15) is 12.1 Å². The van der Waals surface area contributed by atoms with Gasteiger partial charge >= 0.3 is 5.97 Å². The zero-order valence-electron chi connectivity index (χ0n) is 12.0. The fraction of sp³-hybridized carbons (Fsp3) is 0.615. The molecule has 1 atom stereocenters. The van der Waals surface area contributed by atoms with Gasteiger partial charge in [-0.15, -0.1) is 0 Å². The molecule has 1 aliphatic heterocycles. The number of rotatable bonds is 4. The summed E-state index contributed by atoms with van der Waals surface area (Å²) in [6.45, 7) is 5.89. The van der Waals surface area contributed by atoms with E-state index in [0.717, 1.165) is 11.4 Å². The third-order valence-electron chi connectivity index (χ3n) is 3.12. The Morgan fingerprint density at radius 3 is 3.05 bits per heavy atom. The van der Waals surface area contributed by atoms with Crippen molar-refractivity contribution in [3.63, 3.8) is 0 Å². The third-order valence-corrected chi connectivity index (χ3v) is 3.12. The molecule has 20 heavy (non-hydrogen) atoms. The largest absolute Gasteiger partial charge is 0.478 e. The minimum absolute atomic E-state index is 0.369. The number of carbonyl (C=O) groups is 1. The number of anilines is 1. The zero-order chi connectivity index (χ0) is 14.5. The topological polar surface area (TPSA) is 73.8 Å². The van der Waals surface area contributed by atoms with Gasteiger partial charge in [0.15, 0.2) is 6.10 Å². The average Bonchev–Trinajstić information content (AvgIpc) is 2.49. The highest BCUT2D eigenvalue weighted by Gasteiger charge is 2.29. The molecule has 1 aromatic rings. The second-order valence-electron chi connectivity index (χ2n) is 4.39. The van der Waals surface area contributed by atoms with Crippen LogP contribution >= 0.6 is 0 Å². The normalized spacial score (nSPS) is 18.8. The van der Waals surface area contributed by atoms with E-state index in [-0.39, 0.29) is 5.97 Å². The zero-order valence-corrected chi connectivity index (χ0v) is 12.0. The third kappa shape index (κ3) is 2.98. The molecule has 0 radical (unpaired) electrons. The highest BCUT2D eigenvalue weighted by Crippen LogP contribution is 2.25. The van der Waals surface area contributed by atoms with Crippen LogP contribution in [0.25, 0.3) is 0 Å². The quantitative estimate of drug-likeness (QED) is 0.747.